The van der Waals surface area contributed by atoms with E-state index in [-0.39, 0.29) is 17.9 Å². The summed E-state index contributed by atoms with van der Waals surface area (Å²) in [6, 6.07) is 10.4. The summed E-state index contributed by atoms with van der Waals surface area (Å²) in [6.45, 7) is 4.38. The lowest BCUT2D eigenvalue weighted by atomic mass is 10.1. The van der Waals surface area contributed by atoms with Crippen molar-refractivity contribution < 1.29 is 19.7 Å². The Bertz CT molecular complexity index is 917. The molecule has 0 spiro atoms. The van der Waals surface area contributed by atoms with E-state index >= 15 is 0 Å². The van der Waals surface area contributed by atoms with Crippen LogP contribution >= 0.6 is 0 Å². The molecule has 25 heavy (non-hydrogen) atoms. The number of para-hydroxylation sites is 1. The zero-order chi connectivity index (χ0) is 18.0. The number of imidazole rings is 1. The van der Waals surface area contributed by atoms with E-state index in [0.29, 0.717) is 6.54 Å². The Labute approximate surface area is 145 Å². The lowest BCUT2D eigenvalue weighted by Crippen LogP contribution is -2.23. The van der Waals surface area contributed by atoms with Crippen molar-refractivity contribution in [3.63, 3.8) is 0 Å². The van der Waals surface area contributed by atoms with E-state index in [1.165, 1.54) is 11.6 Å². The maximum atomic E-state index is 11.2. The molecule has 6 nitrogen and oxygen atoms in total. The number of carbonyl (C=O) groups is 1. The highest BCUT2D eigenvalue weighted by atomic mass is 16.5. The Morgan fingerprint density at radius 1 is 1.24 bits per heavy atom. The number of benzene rings is 2. The molecule has 0 unspecified atom stereocenters. The maximum absolute atomic E-state index is 11.2. The number of aryl methyl sites for hydroxylation is 2. The van der Waals surface area contributed by atoms with Gasteiger partial charge in [-0.15, -0.1) is 0 Å². The lowest BCUT2D eigenvalue weighted by molar-refractivity contribution is 0.0678. The standard InChI is InChI=1S/C19H20N2O4/c1-12-7-16-17(8-13(12)2)21(11-20-16)9-14(22)10-25-18-6-4-3-5-15(18)19(23)24/h3-8,11,14,22H,9-10H2,1-2H3,(H,23,24)/t14-/m0/s1. The van der Waals surface area contributed by atoms with Gasteiger partial charge in [0.05, 0.1) is 23.9 Å². The van der Waals surface area contributed by atoms with Gasteiger partial charge in [0.25, 0.3) is 0 Å². The van der Waals surface area contributed by atoms with Crippen LogP contribution in [0.25, 0.3) is 11.0 Å². The van der Waals surface area contributed by atoms with E-state index in [9.17, 15) is 9.90 Å². The Morgan fingerprint density at radius 3 is 2.72 bits per heavy atom. The van der Waals surface area contributed by atoms with Crippen LogP contribution in [0.1, 0.15) is 21.5 Å². The van der Waals surface area contributed by atoms with Crippen molar-refractivity contribution in [3.05, 3.63) is 59.4 Å². The highest BCUT2D eigenvalue weighted by molar-refractivity contribution is 5.90. The number of nitrogens with zero attached hydrogens (tertiary/aromatic N) is 2. The summed E-state index contributed by atoms with van der Waals surface area (Å²) in [4.78, 5) is 15.5. The molecule has 1 aromatic heterocycles. The molecule has 0 saturated heterocycles. The van der Waals surface area contributed by atoms with Crippen LogP contribution in [0.4, 0.5) is 0 Å². The molecule has 6 heteroatoms. The summed E-state index contributed by atoms with van der Waals surface area (Å²) in [7, 11) is 0. The molecule has 0 saturated carbocycles. The Hall–Kier alpha value is -2.86. The van der Waals surface area contributed by atoms with Crippen molar-refractivity contribution in [2.45, 2.75) is 26.5 Å². The fourth-order valence-corrected chi connectivity index (χ4v) is 2.69. The minimum absolute atomic E-state index is 0.00515. The van der Waals surface area contributed by atoms with Gasteiger partial charge in [0.1, 0.15) is 24.0 Å². The molecule has 1 atom stereocenters. The second-order valence-corrected chi connectivity index (χ2v) is 6.09. The SMILES string of the molecule is Cc1cc2ncn(C[C@H](O)COc3ccccc3C(=O)O)c2cc1C. The van der Waals surface area contributed by atoms with Gasteiger partial charge in [0.2, 0.25) is 0 Å². The first-order valence-corrected chi connectivity index (χ1v) is 8.01. The molecule has 0 aliphatic carbocycles. The van der Waals surface area contributed by atoms with Gasteiger partial charge in [0, 0.05) is 0 Å². The fourth-order valence-electron chi connectivity index (χ4n) is 2.69. The summed E-state index contributed by atoms with van der Waals surface area (Å²) in [5.41, 5.74) is 4.25. The molecule has 3 rings (SSSR count). The molecule has 1 heterocycles. The number of hydrogen-bond donors (Lipinski definition) is 2. The van der Waals surface area contributed by atoms with E-state index in [1.54, 1.807) is 24.5 Å². The molecule has 0 fully saturated rings. The highest BCUT2D eigenvalue weighted by Gasteiger charge is 2.14. The van der Waals surface area contributed by atoms with Crippen molar-refractivity contribution in [1.29, 1.82) is 0 Å². The molecular formula is C19H20N2O4. The number of fused-ring (bicyclic) bond motifs is 1. The van der Waals surface area contributed by atoms with Gasteiger partial charge in [0.15, 0.2) is 0 Å². The van der Waals surface area contributed by atoms with Crippen molar-refractivity contribution >= 4 is 17.0 Å². The van der Waals surface area contributed by atoms with Gasteiger partial charge in [-0.25, -0.2) is 9.78 Å². The zero-order valence-corrected chi connectivity index (χ0v) is 14.1. The van der Waals surface area contributed by atoms with Gasteiger partial charge >= 0.3 is 5.97 Å². The summed E-state index contributed by atoms with van der Waals surface area (Å²) >= 11 is 0. The predicted octanol–water partition coefficient (Wildman–Crippen LogP) is 2.79. The molecule has 0 aliphatic heterocycles. The maximum Gasteiger partial charge on any atom is 0.339 e. The lowest BCUT2D eigenvalue weighted by Gasteiger charge is -2.15. The van der Waals surface area contributed by atoms with Crippen LogP contribution < -0.4 is 4.74 Å². The first-order chi connectivity index (χ1) is 12.0. The number of aromatic nitrogens is 2. The number of aliphatic hydroxyl groups excluding tert-OH is 1. The van der Waals surface area contributed by atoms with Gasteiger partial charge in [-0.05, 0) is 49.2 Å². The molecule has 130 valence electrons. The summed E-state index contributed by atoms with van der Waals surface area (Å²) in [5.74, 6) is -0.812. The first kappa shape index (κ1) is 17.0. The third kappa shape index (κ3) is 3.64. The molecule has 0 radical (unpaired) electrons. The Kier molecular flexibility index (Phi) is 4.72. The van der Waals surface area contributed by atoms with Crippen molar-refractivity contribution in [3.8, 4) is 5.75 Å². The van der Waals surface area contributed by atoms with E-state index in [2.05, 4.69) is 4.98 Å². The minimum Gasteiger partial charge on any atom is -0.490 e. The first-order valence-electron chi connectivity index (χ1n) is 8.01. The van der Waals surface area contributed by atoms with E-state index in [0.717, 1.165) is 16.6 Å². The van der Waals surface area contributed by atoms with Crippen LogP contribution in [0.3, 0.4) is 0 Å². The Morgan fingerprint density at radius 2 is 1.96 bits per heavy atom. The summed E-state index contributed by atoms with van der Waals surface area (Å²) < 4.78 is 7.37. The number of rotatable bonds is 6. The number of carboxylic acid groups (broad SMARTS) is 1. The number of aromatic carboxylic acids is 1. The second-order valence-electron chi connectivity index (χ2n) is 6.09. The average molecular weight is 340 g/mol. The third-order valence-electron chi connectivity index (χ3n) is 4.19. The molecule has 0 aliphatic rings. The van der Waals surface area contributed by atoms with Crippen molar-refractivity contribution in [1.82, 2.24) is 9.55 Å². The van der Waals surface area contributed by atoms with E-state index in [4.69, 9.17) is 9.84 Å². The topological polar surface area (TPSA) is 84.6 Å². The molecule has 0 amide bonds. The third-order valence-corrected chi connectivity index (χ3v) is 4.19. The van der Waals surface area contributed by atoms with Crippen molar-refractivity contribution in [2.24, 2.45) is 0 Å². The van der Waals surface area contributed by atoms with Crippen LogP contribution in [-0.4, -0.2) is 38.4 Å². The average Bonchev–Trinajstić information content (AvgIpc) is 2.95. The highest BCUT2D eigenvalue weighted by Crippen LogP contribution is 2.20. The Balaban J connectivity index is 1.70. The number of hydrogen-bond acceptors (Lipinski definition) is 4. The van der Waals surface area contributed by atoms with E-state index < -0.39 is 12.1 Å². The largest absolute Gasteiger partial charge is 0.490 e. The van der Waals surface area contributed by atoms with Crippen LogP contribution in [0, 0.1) is 13.8 Å². The minimum atomic E-state index is -1.06. The van der Waals surface area contributed by atoms with Crippen LogP contribution in [0.15, 0.2) is 42.7 Å². The fraction of sp³-hybridized carbons (Fsp3) is 0.263. The summed E-state index contributed by atoms with van der Waals surface area (Å²) in [6.07, 6.45) is 0.902. The second kappa shape index (κ2) is 6.94. The normalized spacial score (nSPS) is 12.3. The van der Waals surface area contributed by atoms with E-state index in [1.807, 2.05) is 30.5 Å². The molecular weight excluding hydrogens is 320 g/mol. The van der Waals surface area contributed by atoms with Crippen LogP contribution in [0.5, 0.6) is 5.75 Å². The number of ether oxygens (including phenoxy) is 1. The zero-order valence-electron chi connectivity index (χ0n) is 14.1. The van der Waals surface area contributed by atoms with Gasteiger partial charge in [-0.1, -0.05) is 12.1 Å². The quantitative estimate of drug-likeness (QED) is 0.721. The summed E-state index contributed by atoms with van der Waals surface area (Å²) in [5, 5.41) is 19.4. The smallest absolute Gasteiger partial charge is 0.339 e. The van der Waals surface area contributed by atoms with Crippen molar-refractivity contribution in [2.75, 3.05) is 6.61 Å². The number of carboxylic acids is 1. The molecule has 2 N–H and O–H groups in total. The molecule has 3 aromatic rings. The van der Waals surface area contributed by atoms with Gasteiger partial charge in [-0.3, -0.25) is 0 Å². The predicted molar refractivity (Wildman–Crippen MR) is 94.1 cm³/mol. The van der Waals surface area contributed by atoms with Crippen LogP contribution in [0.2, 0.25) is 0 Å². The molecule has 0 bridgehead atoms. The number of aliphatic hydroxyl groups is 1. The van der Waals surface area contributed by atoms with Crippen LogP contribution in [-0.2, 0) is 6.54 Å². The van der Waals surface area contributed by atoms with Gasteiger partial charge < -0.3 is 19.5 Å². The van der Waals surface area contributed by atoms with Gasteiger partial charge in [-0.2, -0.15) is 0 Å². The molecule has 2 aromatic carbocycles. The monoisotopic (exact) mass is 340 g/mol.